The lowest BCUT2D eigenvalue weighted by Gasteiger charge is -2.30. The van der Waals surface area contributed by atoms with Crippen LogP contribution in [0, 0.1) is 11.3 Å². The summed E-state index contributed by atoms with van der Waals surface area (Å²) in [7, 11) is 1.86. The van der Waals surface area contributed by atoms with Gasteiger partial charge in [-0.05, 0) is 25.0 Å². The van der Waals surface area contributed by atoms with Gasteiger partial charge in [-0.1, -0.05) is 24.3 Å². The average Bonchev–Trinajstić information content (AvgIpc) is 3.31. The molecule has 27 heavy (non-hydrogen) atoms. The molecule has 0 bridgehead atoms. The van der Waals surface area contributed by atoms with Gasteiger partial charge in [0, 0.05) is 26.1 Å². The minimum atomic E-state index is -0.325. The Labute approximate surface area is 166 Å². The number of ether oxygens (including phenoxy) is 1. The molecule has 0 aliphatic carbocycles. The lowest BCUT2D eigenvalue weighted by atomic mass is 9.91. The van der Waals surface area contributed by atoms with Crippen LogP contribution in [-0.4, -0.2) is 47.9 Å². The van der Waals surface area contributed by atoms with Crippen molar-refractivity contribution in [2.75, 3.05) is 31.6 Å². The Hall–Kier alpha value is -2.50. The van der Waals surface area contributed by atoms with Crippen molar-refractivity contribution in [3.05, 3.63) is 40.4 Å². The average molecular weight is 406 g/mol. The van der Waals surface area contributed by atoms with Crippen molar-refractivity contribution >= 4 is 39.8 Å². The van der Waals surface area contributed by atoms with E-state index in [1.54, 1.807) is 11.0 Å². The van der Waals surface area contributed by atoms with Crippen molar-refractivity contribution in [2.24, 2.45) is 0 Å². The summed E-state index contributed by atoms with van der Waals surface area (Å²) < 4.78 is 5.77. The number of rotatable bonds is 5. The van der Waals surface area contributed by atoms with E-state index in [4.69, 9.17) is 16.3 Å². The quantitative estimate of drug-likeness (QED) is 0.751. The highest BCUT2D eigenvalue weighted by Crippen LogP contribution is 2.37. The number of piperidine rings is 1. The van der Waals surface area contributed by atoms with Crippen LogP contribution in [-0.2, 0) is 4.74 Å². The molecule has 2 aromatic rings. The molecule has 1 aliphatic heterocycles. The van der Waals surface area contributed by atoms with Crippen LogP contribution in [0.1, 0.15) is 30.0 Å². The molecule has 0 saturated carbocycles. The number of aromatic amines is 1. The lowest BCUT2D eigenvalue weighted by molar-refractivity contribution is 0.102. The number of thiophene rings is 1. The molecule has 2 aromatic heterocycles. The summed E-state index contributed by atoms with van der Waals surface area (Å²) in [4.78, 5) is 15.5. The molecule has 1 fully saturated rings. The van der Waals surface area contributed by atoms with Gasteiger partial charge in [0.25, 0.3) is 0 Å². The minimum Gasteiger partial charge on any atom is -0.445 e. The molecule has 0 unspecified atom stereocenters. The van der Waals surface area contributed by atoms with Crippen LogP contribution >= 0.6 is 22.9 Å². The topological polar surface area (TPSA) is 85.2 Å². The zero-order valence-electron chi connectivity index (χ0n) is 14.9. The number of H-pyrrole nitrogens is 1. The molecule has 0 aromatic carbocycles. The van der Waals surface area contributed by atoms with E-state index < -0.39 is 0 Å². The Balaban J connectivity index is 1.72. The number of carbonyl (C=O) groups excluding carboxylic acids is 1. The number of hydrogen-bond acceptors (Lipinski definition) is 6. The van der Waals surface area contributed by atoms with Gasteiger partial charge in [0.05, 0.1) is 15.0 Å². The highest BCUT2D eigenvalue weighted by molar-refractivity contribution is 7.20. The van der Waals surface area contributed by atoms with Crippen molar-refractivity contribution in [2.45, 2.75) is 18.8 Å². The molecule has 1 amide bonds. The zero-order valence-corrected chi connectivity index (χ0v) is 16.5. The van der Waals surface area contributed by atoms with E-state index in [-0.39, 0.29) is 18.6 Å². The smallest absolute Gasteiger partial charge is 0.410 e. The number of amides is 1. The molecular weight excluding hydrogens is 386 g/mol. The first kappa shape index (κ1) is 19.3. The fourth-order valence-corrected chi connectivity index (χ4v) is 4.15. The van der Waals surface area contributed by atoms with Crippen molar-refractivity contribution in [1.29, 1.82) is 5.26 Å². The summed E-state index contributed by atoms with van der Waals surface area (Å²) in [5.74, 6) is 0.725. The first-order valence-corrected chi connectivity index (χ1v) is 9.74. The van der Waals surface area contributed by atoms with Crippen molar-refractivity contribution in [3.63, 3.8) is 0 Å². The van der Waals surface area contributed by atoms with E-state index in [2.05, 4.69) is 22.8 Å². The first-order valence-electron chi connectivity index (χ1n) is 8.55. The highest BCUT2D eigenvalue weighted by Gasteiger charge is 2.29. The van der Waals surface area contributed by atoms with Crippen molar-refractivity contribution < 1.29 is 9.53 Å². The minimum absolute atomic E-state index is 0.143. The summed E-state index contributed by atoms with van der Waals surface area (Å²) in [6.45, 7) is 4.91. The molecule has 0 spiro atoms. The third kappa shape index (κ3) is 4.10. The predicted molar refractivity (Wildman–Crippen MR) is 106 cm³/mol. The van der Waals surface area contributed by atoms with E-state index in [9.17, 15) is 10.1 Å². The summed E-state index contributed by atoms with van der Waals surface area (Å²) in [5.41, 5.74) is 1.36. The second kappa shape index (κ2) is 8.46. The van der Waals surface area contributed by atoms with Gasteiger partial charge in [0.15, 0.2) is 5.82 Å². The van der Waals surface area contributed by atoms with Crippen LogP contribution in [0.3, 0.4) is 0 Å². The van der Waals surface area contributed by atoms with Crippen LogP contribution in [0.5, 0.6) is 0 Å². The van der Waals surface area contributed by atoms with Crippen molar-refractivity contribution in [3.8, 4) is 6.07 Å². The van der Waals surface area contributed by atoms with Gasteiger partial charge in [-0.3, -0.25) is 5.10 Å². The zero-order chi connectivity index (χ0) is 19.4. The van der Waals surface area contributed by atoms with E-state index in [0.717, 1.165) is 23.5 Å². The summed E-state index contributed by atoms with van der Waals surface area (Å²) >= 11 is 7.44. The van der Waals surface area contributed by atoms with E-state index in [1.807, 2.05) is 24.1 Å². The second-order valence-electron chi connectivity index (χ2n) is 6.21. The van der Waals surface area contributed by atoms with Gasteiger partial charge in [0.1, 0.15) is 18.2 Å². The monoisotopic (exact) mass is 405 g/mol. The number of anilines is 2. The molecule has 1 N–H and O–H groups in total. The van der Waals surface area contributed by atoms with Crippen LogP contribution in [0.15, 0.2) is 24.8 Å². The lowest BCUT2D eigenvalue weighted by Crippen LogP contribution is -2.38. The molecule has 1 aliphatic rings. The first-order chi connectivity index (χ1) is 13.0. The van der Waals surface area contributed by atoms with E-state index in [0.29, 0.717) is 28.8 Å². The van der Waals surface area contributed by atoms with Gasteiger partial charge < -0.3 is 14.5 Å². The molecule has 9 heteroatoms. The molecular formula is C18H20ClN5O2S. The fraction of sp³-hybridized carbons (Fsp3) is 0.389. The number of nitriles is 1. The second-order valence-corrected chi connectivity index (χ2v) is 7.90. The molecule has 0 atom stereocenters. The predicted octanol–water partition coefficient (Wildman–Crippen LogP) is 4.27. The molecule has 1 saturated heterocycles. The highest BCUT2D eigenvalue weighted by atomic mass is 35.5. The van der Waals surface area contributed by atoms with Crippen LogP contribution in [0.4, 0.5) is 15.6 Å². The maximum Gasteiger partial charge on any atom is 0.410 e. The maximum atomic E-state index is 11.9. The standard InChI is InChI=1S/C18H20ClN5O2S/c1-3-10-26-18(25)24-8-6-12(7-9-24)16-13(11-20)17(22-21-16)23(2)15-5-4-14(19)27-15/h3-5,12H,1,6-10H2,2H3,(H,21,22). The Morgan fingerprint density at radius 3 is 2.93 bits per heavy atom. The Kier molecular flexibility index (Phi) is 6.04. The van der Waals surface area contributed by atoms with E-state index >= 15 is 0 Å². The number of carbonyl (C=O) groups is 1. The largest absolute Gasteiger partial charge is 0.445 e. The third-order valence-corrected chi connectivity index (χ3v) is 5.89. The third-order valence-electron chi connectivity index (χ3n) is 4.58. The van der Waals surface area contributed by atoms with Gasteiger partial charge in [-0.15, -0.1) is 11.3 Å². The SMILES string of the molecule is C=CCOC(=O)N1CCC(c2[nH]nc(N(C)c3ccc(Cl)s3)c2C#N)CC1. The van der Waals surface area contributed by atoms with Gasteiger partial charge >= 0.3 is 6.09 Å². The normalized spacial score (nSPS) is 14.6. The number of aromatic nitrogens is 2. The van der Waals surface area contributed by atoms with Gasteiger partial charge in [-0.25, -0.2) is 4.79 Å². The molecule has 142 valence electrons. The maximum absolute atomic E-state index is 11.9. The fourth-order valence-electron chi connectivity index (χ4n) is 3.16. The summed E-state index contributed by atoms with van der Waals surface area (Å²) in [6, 6.07) is 6.00. The van der Waals surface area contributed by atoms with Crippen LogP contribution in [0.25, 0.3) is 0 Å². The Morgan fingerprint density at radius 2 is 2.33 bits per heavy atom. The Morgan fingerprint density at radius 1 is 1.59 bits per heavy atom. The number of hydrogen-bond donors (Lipinski definition) is 1. The summed E-state index contributed by atoms with van der Waals surface area (Å²) in [5, 5.41) is 18.0. The number of nitrogens with one attached hydrogen (secondary N) is 1. The molecule has 0 radical (unpaired) electrons. The molecule has 3 rings (SSSR count). The number of nitrogens with zero attached hydrogens (tertiary/aromatic N) is 4. The van der Waals surface area contributed by atoms with Gasteiger partial charge in [-0.2, -0.15) is 10.4 Å². The number of likely N-dealkylation sites (tertiary alicyclic amines) is 1. The Bertz CT molecular complexity index is 863. The van der Waals surface area contributed by atoms with E-state index in [1.165, 1.54) is 11.3 Å². The summed E-state index contributed by atoms with van der Waals surface area (Å²) in [6.07, 6.45) is 2.71. The molecule has 7 nitrogen and oxygen atoms in total. The number of halogens is 1. The van der Waals surface area contributed by atoms with Crippen LogP contribution in [0.2, 0.25) is 4.34 Å². The van der Waals surface area contributed by atoms with Gasteiger partial charge in [0.2, 0.25) is 0 Å². The van der Waals surface area contributed by atoms with Crippen molar-refractivity contribution in [1.82, 2.24) is 15.1 Å². The molecule has 3 heterocycles. The van der Waals surface area contributed by atoms with Crippen LogP contribution < -0.4 is 4.90 Å².